The van der Waals surface area contributed by atoms with Gasteiger partial charge < -0.3 is 4.40 Å². The van der Waals surface area contributed by atoms with E-state index < -0.39 is 0 Å². The number of pyridine rings is 1. The zero-order chi connectivity index (χ0) is 27.4. The minimum absolute atomic E-state index is 0. The quantitative estimate of drug-likeness (QED) is 0.132. The molecule has 0 amide bonds. The summed E-state index contributed by atoms with van der Waals surface area (Å²) >= 11 is 0. The molecule has 203 valence electrons. The molecule has 0 unspecified atom stereocenters. The maximum Gasteiger partial charge on any atom is 0.0646 e. The van der Waals surface area contributed by atoms with E-state index in [2.05, 4.69) is 141 Å². The minimum atomic E-state index is 0. The van der Waals surface area contributed by atoms with Gasteiger partial charge >= 0.3 is 0 Å². The molecule has 2 nitrogen and oxygen atoms in total. The second-order valence-corrected chi connectivity index (χ2v) is 11.1. The molecule has 41 heavy (non-hydrogen) atoms. The van der Waals surface area contributed by atoms with E-state index in [1.54, 1.807) is 0 Å². The Morgan fingerprint density at radius 1 is 0.707 bits per heavy atom. The Morgan fingerprint density at radius 2 is 1.32 bits per heavy atom. The van der Waals surface area contributed by atoms with Crippen molar-refractivity contribution in [3.63, 3.8) is 0 Å². The molecular formula is C38H31IrN2-. The molecule has 0 N–H and O–H groups in total. The summed E-state index contributed by atoms with van der Waals surface area (Å²) in [6.45, 7) is 8.93. The third-order valence-electron chi connectivity index (χ3n) is 8.24. The molecule has 3 heteroatoms. The van der Waals surface area contributed by atoms with Gasteiger partial charge in [-0.05, 0) is 70.2 Å². The fourth-order valence-corrected chi connectivity index (χ4v) is 5.96. The fraction of sp³-hybridized carbons (Fsp3) is 0.132. The van der Waals surface area contributed by atoms with Crippen molar-refractivity contribution in [2.75, 3.05) is 0 Å². The molecule has 2 heterocycles. The van der Waals surface area contributed by atoms with Gasteiger partial charge in [0.05, 0.1) is 11.3 Å². The molecule has 0 aliphatic heterocycles. The Bertz CT molecular complexity index is 1980. The zero-order valence-electron chi connectivity index (χ0n) is 23.7. The first-order valence-electron chi connectivity index (χ1n) is 14.0. The van der Waals surface area contributed by atoms with Gasteiger partial charge in [-0.1, -0.05) is 98.1 Å². The molecule has 1 radical (unpaired) electrons. The van der Waals surface area contributed by atoms with Gasteiger partial charge in [0.2, 0.25) is 0 Å². The van der Waals surface area contributed by atoms with Crippen LogP contribution in [0.5, 0.6) is 0 Å². The van der Waals surface area contributed by atoms with Crippen LogP contribution in [0.25, 0.3) is 60.8 Å². The van der Waals surface area contributed by atoms with Crippen molar-refractivity contribution in [1.29, 1.82) is 0 Å². The molecule has 0 saturated carbocycles. The second-order valence-electron chi connectivity index (χ2n) is 11.1. The Labute approximate surface area is 255 Å². The van der Waals surface area contributed by atoms with Gasteiger partial charge in [-0.25, -0.2) is 0 Å². The molecule has 0 saturated heterocycles. The summed E-state index contributed by atoms with van der Waals surface area (Å²) in [4.78, 5) is 5.08. The van der Waals surface area contributed by atoms with Crippen molar-refractivity contribution in [2.24, 2.45) is 0 Å². The number of hydrogen-bond acceptors (Lipinski definition) is 1. The minimum Gasteiger partial charge on any atom is -0.333 e. The monoisotopic (exact) mass is 708 g/mol. The van der Waals surface area contributed by atoms with Gasteiger partial charge in [-0.2, -0.15) is 0 Å². The van der Waals surface area contributed by atoms with E-state index >= 15 is 0 Å². The van der Waals surface area contributed by atoms with E-state index in [4.69, 9.17) is 4.98 Å². The van der Waals surface area contributed by atoms with Crippen LogP contribution in [0.15, 0.2) is 109 Å². The predicted molar refractivity (Wildman–Crippen MR) is 169 cm³/mol. The van der Waals surface area contributed by atoms with E-state index in [-0.39, 0.29) is 20.1 Å². The summed E-state index contributed by atoms with van der Waals surface area (Å²) in [6.07, 6.45) is 2.06. The summed E-state index contributed by atoms with van der Waals surface area (Å²) in [5.41, 5.74) is 13.1. The SMILES string of the molecule is Cc1cc2c3ccc[c-]c3c3ncc(-c4c(-c5ccccc5)cc(C(C)C)cc4-c4ccccc4)n3c2cc1C.[Ir]. The van der Waals surface area contributed by atoms with Crippen LogP contribution in [-0.4, -0.2) is 9.38 Å². The molecule has 0 spiro atoms. The molecule has 0 fully saturated rings. The first-order chi connectivity index (χ1) is 19.5. The third-order valence-corrected chi connectivity index (χ3v) is 8.24. The van der Waals surface area contributed by atoms with E-state index in [1.165, 1.54) is 60.8 Å². The summed E-state index contributed by atoms with van der Waals surface area (Å²) in [6, 6.07) is 40.7. The number of benzene rings is 5. The van der Waals surface area contributed by atoms with Gasteiger partial charge in [0.1, 0.15) is 0 Å². The molecule has 2 aromatic heterocycles. The molecule has 5 aromatic carbocycles. The predicted octanol–water partition coefficient (Wildman–Crippen LogP) is 10.2. The van der Waals surface area contributed by atoms with Crippen LogP contribution in [0, 0.1) is 19.9 Å². The van der Waals surface area contributed by atoms with E-state index in [9.17, 15) is 0 Å². The molecule has 0 aliphatic carbocycles. The maximum atomic E-state index is 5.08. The molecule has 0 atom stereocenters. The number of rotatable bonds is 4. The van der Waals surface area contributed by atoms with Crippen LogP contribution in [0.3, 0.4) is 0 Å². The molecular weight excluding hydrogens is 677 g/mol. The number of fused-ring (bicyclic) bond motifs is 6. The maximum absolute atomic E-state index is 5.08. The van der Waals surface area contributed by atoms with Crippen LogP contribution in [-0.2, 0) is 20.1 Å². The van der Waals surface area contributed by atoms with Crippen molar-refractivity contribution < 1.29 is 20.1 Å². The smallest absolute Gasteiger partial charge is 0.0646 e. The number of aromatic nitrogens is 2. The number of hydrogen-bond donors (Lipinski definition) is 0. The average molecular weight is 708 g/mol. The van der Waals surface area contributed by atoms with Crippen LogP contribution < -0.4 is 0 Å². The summed E-state index contributed by atoms with van der Waals surface area (Å²) in [5, 5.41) is 3.46. The van der Waals surface area contributed by atoms with Crippen molar-refractivity contribution >= 4 is 27.3 Å². The van der Waals surface area contributed by atoms with Crippen LogP contribution >= 0.6 is 0 Å². The molecule has 0 bridgehead atoms. The molecule has 7 rings (SSSR count). The van der Waals surface area contributed by atoms with Gasteiger partial charge in [0.25, 0.3) is 0 Å². The van der Waals surface area contributed by atoms with E-state index in [0.29, 0.717) is 5.92 Å². The fourth-order valence-electron chi connectivity index (χ4n) is 5.96. The summed E-state index contributed by atoms with van der Waals surface area (Å²) < 4.78 is 2.36. The summed E-state index contributed by atoms with van der Waals surface area (Å²) in [5.74, 6) is 0.395. The topological polar surface area (TPSA) is 17.3 Å². The van der Waals surface area contributed by atoms with Gasteiger partial charge in [-0.3, -0.25) is 4.98 Å². The van der Waals surface area contributed by atoms with Gasteiger partial charge in [0, 0.05) is 37.4 Å². The molecule has 7 aromatic rings. The number of imidazole rings is 1. The van der Waals surface area contributed by atoms with Crippen molar-refractivity contribution in [3.8, 4) is 33.5 Å². The van der Waals surface area contributed by atoms with Gasteiger partial charge in [-0.15, -0.1) is 29.7 Å². The Morgan fingerprint density at radius 3 is 1.93 bits per heavy atom. The van der Waals surface area contributed by atoms with Crippen molar-refractivity contribution in [2.45, 2.75) is 33.6 Å². The first kappa shape index (κ1) is 27.1. The average Bonchev–Trinajstić information content (AvgIpc) is 3.43. The normalized spacial score (nSPS) is 11.4. The third kappa shape index (κ3) is 4.50. The largest absolute Gasteiger partial charge is 0.333 e. The zero-order valence-corrected chi connectivity index (χ0v) is 26.1. The van der Waals surface area contributed by atoms with Gasteiger partial charge in [0.15, 0.2) is 0 Å². The number of nitrogens with zero attached hydrogens (tertiary/aromatic N) is 2. The van der Waals surface area contributed by atoms with Crippen LogP contribution in [0.4, 0.5) is 0 Å². The van der Waals surface area contributed by atoms with Crippen molar-refractivity contribution in [3.05, 3.63) is 132 Å². The van der Waals surface area contributed by atoms with Crippen molar-refractivity contribution in [1.82, 2.24) is 9.38 Å². The molecule has 0 aliphatic rings. The number of aryl methyl sites for hydroxylation is 2. The first-order valence-corrected chi connectivity index (χ1v) is 14.0. The van der Waals surface area contributed by atoms with Crippen LogP contribution in [0.2, 0.25) is 0 Å². The van der Waals surface area contributed by atoms with Crippen LogP contribution in [0.1, 0.15) is 36.5 Å². The van der Waals surface area contributed by atoms with E-state index in [0.717, 1.165) is 16.7 Å². The van der Waals surface area contributed by atoms with E-state index in [1.807, 2.05) is 6.07 Å². The standard InChI is InChI=1S/C38H31N2.Ir/c1-24(2)29-21-32(27-13-7-5-8-14-27)37(33(22-29)28-15-9-6-10-16-28)36-23-39-38-31-18-12-11-17-30(31)34-19-25(3)26(4)20-35(34)40(36)38;/h5-17,19-24H,1-4H3;/q-1;. The summed E-state index contributed by atoms with van der Waals surface area (Å²) in [7, 11) is 0. The second kappa shape index (κ2) is 10.7. The Balaban J connectivity index is 0.00000302. The Hall–Kier alpha value is -4.04. The Kier molecular flexibility index (Phi) is 7.11.